The van der Waals surface area contributed by atoms with Gasteiger partial charge in [-0.15, -0.1) is 0 Å². The molecule has 6 heteroatoms. The van der Waals surface area contributed by atoms with Gasteiger partial charge in [0.25, 0.3) is 0 Å². The van der Waals surface area contributed by atoms with Crippen LogP contribution in [0.25, 0.3) is 0 Å². The second-order valence-electron chi connectivity index (χ2n) is 4.81. The van der Waals surface area contributed by atoms with E-state index in [9.17, 15) is 18.0 Å². The average Bonchev–Trinajstić information content (AvgIpc) is 2.25. The summed E-state index contributed by atoms with van der Waals surface area (Å²) in [5.74, 6) is -0.249. The molecule has 0 aromatic carbocycles. The minimum atomic E-state index is -4.21. The Labute approximate surface area is 99.4 Å². The number of piperidine rings is 1. The Morgan fingerprint density at radius 3 is 2.53 bits per heavy atom. The normalized spacial score (nSPS) is 25.7. The molecule has 0 saturated carbocycles. The van der Waals surface area contributed by atoms with Gasteiger partial charge in [0, 0.05) is 13.6 Å². The van der Waals surface area contributed by atoms with Gasteiger partial charge in [-0.25, -0.2) is 0 Å². The number of carbonyl (C=O) groups is 1. The van der Waals surface area contributed by atoms with Crippen LogP contribution in [0.3, 0.4) is 0 Å². The van der Waals surface area contributed by atoms with Crippen LogP contribution in [0, 0.1) is 0 Å². The van der Waals surface area contributed by atoms with Gasteiger partial charge in [-0.1, -0.05) is 0 Å². The maximum absolute atomic E-state index is 12.1. The standard InChI is InChI=1S/C11H19F3N2O/c1-10(5-3-4-7-15-10)9(17)16(2)8-6-11(12,13)14/h15H,3-8H2,1-2H3. The molecule has 1 amide bonds. The minimum absolute atomic E-state index is 0.249. The van der Waals surface area contributed by atoms with E-state index in [1.807, 2.05) is 0 Å². The number of nitrogens with one attached hydrogen (secondary N) is 1. The zero-order chi connectivity index (χ0) is 13.1. The van der Waals surface area contributed by atoms with Gasteiger partial charge in [-0.2, -0.15) is 13.2 Å². The van der Waals surface area contributed by atoms with Crippen molar-refractivity contribution in [3.63, 3.8) is 0 Å². The van der Waals surface area contributed by atoms with Crippen LogP contribution in [-0.2, 0) is 4.79 Å². The van der Waals surface area contributed by atoms with Crippen LogP contribution in [0.15, 0.2) is 0 Å². The molecule has 3 nitrogen and oxygen atoms in total. The number of carbonyl (C=O) groups excluding carboxylic acids is 1. The van der Waals surface area contributed by atoms with Gasteiger partial charge < -0.3 is 10.2 Å². The van der Waals surface area contributed by atoms with Gasteiger partial charge in [-0.05, 0) is 32.7 Å². The van der Waals surface area contributed by atoms with Crippen LogP contribution in [0.5, 0.6) is 0 Å². The Morgan fingerprint density at radius 1 is 1.41 bits per heavy atom. The summed E-state index contributed by atoms with van der Waals surface area (Å²) in [6.45, 7) is 2.23. The molecule has 0 aromatic rings. The Balaban J connectivity index is 2.50. The van der Waals surface area contributed by atoms with E-state index < -0.39 is 18.1 Å². The first kappa shape index (κ1) is 14.3. The van der Waals surface area contributed by atoms with E-state index in [-0.39, 0.29) is 12.5 Å². The molecule has 1 rings (SSSR count). The first-order valence-electron chi connectivity index (χ1n) is 5.82. The molecule has 1 saturated heterocycles. The SMILES string of the molecule is CN(CCC(F)(F)F)C(=O)C1(C)CCCCN1. The summed E-state index contributed by atoms with van der Waals surface area (Å²) >= 11 is 0. The third-order valence-electron chi connectivity index (χ3n) is 3.17. The largest absolute Gasteiger partial charge is 0.390 e. The average molecular weight is 252 g/mol. The van der Waals surface area contributed by atoms with Crippen molar-refractivity contribution in [3.8, 4) is 0 Å². The molecule has 0 aromatic heterocycles. The number of amides is 1. The lowest BCUT2D eigenvalue weighted by atomic mass is 9.89. The summed E-state index contributed by atoms with van der Waals surface area (Å²) < 4.78 is 36.2. The predicted octanol–water partition coefficient (Wildman–Crippen LogP) is 1.93. The van der Waals surface area contributed by atoms with E-state index in [0.717, 1.165) is 19.4 Å². The minimum Gasteiger partial charge on any atom is -0.344 e. The van der Waals surface area contributed by atoms with Gasteiger partial charge >= 0.3 is 6.18 Å². The Kier molecular flexibility index (Phi) is 4.41. The number of nitrogens with zero attached hydrogens (tertiary/aromatic N) is 1. The highest BCUT2D eigenvalue weighted by atomic mass is 19.4. The molecule has 1 fully saturated rings. The van der Waals surface area contributed by atoms with E-state index in [0.29, 0.717) is 6.42 Å². The molecule has 0 spiro atoms. The molecule has 1 unspecified atom stereocenters. The summed E-state index contributed by atoms with van der Waals surface area (Å²) in [4.78, 5) is 13.2. The fourth-order valence-corrected chi connectivity index (χ4v) is 2.06. The second-order valence-corrected chi connectivity index (χ2v) is 4.81. The molecule has 1 aliphatic rings. The van der Waals surface area contributed by atoms with Crippen molar-refractivity contribution in [2.24, 2.45) is 0 Å². The number of halogens is 3. The fraction of sp³-hybridized carbons (Fsp3) is 0.909. The van der Waals surface area contributed by atoms with Crippen molar-refractivity contribution < 1.29 is 18.0 Å². The lowest BCUT2D eigenvalue weighted by Crippen LogP contribution is -2.57. The Hall–Kier alpha value is -0.780. The fourth-order valence-electron chi connectivity index (χ4n) is 2.06. The number of alkyl halides is 3. The molecule has 0 bridgehead atoms. The van der Waals surface area contributed by atoms with Crippen LogP contribution in [-0.4, -0.2) is 42.7 Å². The van der Waals surface area contributed by atoms with Crippen LogP contribution in [0.1, 0.15) is 32.6 Å². The molecular weight excluding hydrogens is 233 g/mol. The first-order chi connectivity index (χ1) is 7.75. The third kappa shape index (κ3) is 4.18. The van der Waals surface area contributed by atoms with Gasteiger partial charge in [0.05, 0.1) is 12.0 Å². The van der Waals surface area contributed by atoms with Crippen LogP contribution < -0.4 is 5.32 Å². The van der Waals surface area contributed by atoms with Gasteiger partial charge in [-0.3, -0.25) is 4.79 Å². The van der Waals surface area contributed by atoms with Crippen molar-refractivity contribution in [1.82, 2.24) is 10.2 Å². The maximum Gasteiger partial charge on any atom is 0.390 e. The van der Waals surface area contributed by atoms with Gasteiger partial charge in [0.2, 0.25) is 5.91 Å². The summed E-state index contributed by atoms with van der Waals surface area (Å²) in [5, 5.41) is 3.10. The van der Waals surface area contributed by atoms with Crippen LogP contribution >= 0.6 is 0 Å². The summed E-state index contributed by atoms with van der Waals surface area (Å²) in [7, 11) is 1.43. The number of rotatable bonds is 3. The number of hydrogen-bond acceptors (Lipinski definition) is 2. The highest BCUT2D eigenvalue weighted by molar-refractivity contribution is 5.85. The smallest absolute Gasteiger partial charge is 0.344 e. The van der Waals surface area contributed by atoms with E-state index in [2.05, 4.69) is 5.32 Å². The molecule has 1 N–H and O–H groups in total. The van der Waals surface area contributed by atoms with Crippen LogP contribution in [0.4, 0.5) is 13.2 Å². The maximum atomic E-state index is 12.1. The monoisotopic (exact) mass is 252 g/mol. The second kappa shape index (κ2) is 5.25. The summed E-state index contributed by atoms with van der Waals surface area (Å²) in [5.41, 5.74) is -0.696. The number of hydrogen-bond donors (Lipinski definition) is 1. The molecule has 1 atom stereocenters. The zero-order valence-corrected chi connectivity index (χ0v) is 10.2. The highest BCUT2D eigenvalue weighted by Gasteiger charge is 2.37. The van der Waals surface area contributed by atoms with Crippen molar-refractivity contribution in [2.75, 3.05) is 20.1 Å². The molecular formula is C11H19F3N2O. The lowest BCUT2D eigenvalue weighted by molar-refractivity contribution is -0.147. The van der Waals surface area contributed by atoms with Gasteiger partial charge in [0.1, 0.15) is 0 Å². The summed E-state index contributed by atoms with van der Waals surface area (Å²) in [6.07, 6.45) is -2.54. The van der Waals surface area contributed by atoms with Gasteiger partial charge in [0.15, 0.2) is 0 Å². The van der Waals surface area contributed by atoms with Crippen molar-refractivity contribution in [2.45, 2.75) is 44.3 Å². The molecule has 100 valence electrons. The van der Waals surface area contributed by atoms with E-state index in [1.165, 1.54) is 11.9 Å². The molecule has 17 heavy (non-hydrogen) atoms. The van der Waals surface area contributed by atoms with E-state index >= 15 is 0 Å². The zero-order valence-electron chi connectivity index (χ0n) is 10.2. The number of likely N-dealkylation sites (N-methyl/N-ethyl adjacent to an activating group) is 1. The quantitative estimate of drug-likeness (QED) is 0.832. The topological polar surface area (TPSA) is 32.3 Å². The third-order valence-corrected chi connectivity index (χ3v) is 3.17. The molecule has 0 aliphatic carbocycles. The highest BCUT2D eigenvalue weighted by Crippen LogP contribution is 2.23. The predicted molar refractivity (Wildman–Crippen MR) is 58.6 cm³/mol. The lowest BCUT2D eigenvalue weighted by Gasteiger charge is -2.36. The Bertz CT molecular complexity index is 272. The molecule has 1 aliphatic heterocycles. The van der Waals surface area contributed by atoms with E-state index in [4.69, 9.17) is 0 Å². The van der Waals surface area contributed by atoms with Crippen molar-refractivity contribution in [3.05, 3.63) is 0 Å². The molecule has 0 radical (unpaired) electrons. The first-order valence-corrected chi connectivity index (χ1v) is 5.82. The Morgan fingerprint density at radius 2 is 2.06 bits per heavy atom. The van der Waals surface area contributed by atoms with Crippen LogP contribution in [0.2, 0.25) is 0 Å². The molecule has 1 heterocycles. The van der Waals surface area contributed by atoms with E-state index in [1.54, 1.807) is 6.92 Å². The van der Waals surface area contributed by atoms with Crippen molar-refractivity contribution >= 4 is 5.91 Å². The summed E-state index contributed by atoms with van der Waals surface area (Å²) in [6, 6.07) is 0. The van der Waals surface area contributed by atoms with Crippen molar-refractivity contribution in [1.29, 1.82) is 0 Å².